The van der Waals surface area contributed by atoms with Crippen LogP contribution >= 0.6 is 0 Å². The quantitative estimate of drug-likeness (QED) is 0.368. The van der Waals surface area contributed by atoms with Crippen molar-refractivity contribution in [2.75, 3.05) is 13.7 Å². The molecular formula is C27H31BO6. The standard InChI is InChI=1S/C27H31BO6/c1-7-31-20-13-11-18(12-14-20)17-32-24-16-21-19(15-22(24)25(29)30-6)9-8-10-23(21)28-33-26(2,3)27(4,5)34-28/h8-16H,7,17H2,1-6H3. The summed E-state index contributed by atoms with van der Waals surface area (Å²) in [7, 11) is 0.834. The Bertz CT molecular complexity index is 1170. The molecule has 4 rings (SSSR count). The Balaban J connectivity index is 1.70. The van der Waals surface area contributed by atoms with Gasteiger partial charge in [-0.25, -0.2) is 4.79 Å². The van der Waals surface area contributed by atoms with Crippen LogP contribution in [0.15, 0.2) is 54.6 Å². The molecule has 0 saturated carbocycles. The lowest BCUT2D eigenvalue weighted by Crippen LogP contribution is -2.41. The molecule has 1 aliphatic rings. The number of rotatable bonds is 7. The average Bonchev–Trinajstić information content (AvgIpc) is 3.03. The van der Waals surface area contributed by atoms with Crippen molar-refractivity contribution in [1.82, 2.24) is 0 Å². The largest absolute Gasteiger partial charge is 0.495 e. The van der Waals surface area contributed by atoms with Crippen LogP contribution in [0.4, 0.5) is 0 Å². The molecule has 0 aliphatic carbocycles. The van der Waals surface area contributed by atoms with Crippen molar-refractivity contribution in [3.05, 3.63) is 65.7 Å². The van der Waals surface area contributed by atoms with Crippen molar-refractivity contribution in [3.63, 3.8) is 0 Å². The van der Waals surface area contributed by atoms with Crippen LogP contribution in [0, 0.1) is 0 Å². The van der Waals surface area contributed by atoms with Crippen LogP contribution in [-0.2, 0) is 20.7 Å². The van der Waals surface area contributed by atoms with E-state index in [0.717, 1.165) is 27.5 Å². The monoisotopic (exact) mass is 462 g/mol. The van der Waals surface area contributed by atoms with E-state index in [0.29, 0.717) is 24.5 Å². The molecule has 0 atom stereocenters. The molecule has 0 amide bonds. The van der Waals surface area contributed by atoms with Crippen molar-refractivity contribution in [2.45, 2.75) is 52.4 Å². The van der Waals surface area contributed by atoms with Gasteiger partial charge in [-0.3, -0.25) is 0 Å². The normalized spacial score (nSPS) is 16.5. The van der Waals surface area contributed by atoms with Gasteiger partial charge in [-0.1, -0.05) is 30.3 Å². The van der Waals surface area contributed by atoms with Gasteiger partial charge in [0.25, 0.3) is 0 Å². The van der Waals surface area contributed by atoms with Crippen LogP contribution in [0.1, 0.15) is 50.5 Å². The molecule has 0 aromatic heterocycles. The highest BCUT2D eigenvalue weighted by molar-refractivity contribution is 6.65. The molecule has 178 valence electrons. The van der Waals surface area contributed by atoms with Crippen LogP contribution in [0.2, 0.25) is 0 Å². The second-order valence-corrected chi connectivity index (χ2v) is 9.36. The zero-order valence-corrected chi connectivity index (χ0v) is 20.6. The first kappa shape index (κ1) is 24.1. The van der Waals surface area contributed by atoms with E-state index in [1.807, 2.05) is 83.1 Å². The number of carbonyl (C=O) groups excluding carboxylic acids is 1. The fourth-order valence-electron chi connectivity index (χ4n) is 3.90. The highest BCUT2D eigenvalue weighted by Gasteiger charge is 2.52. The fourth-order valence-corrected chi connectivity index (χ4v) is 3.90. The van der Waals surface area contributed by atoms with Crippen LogP contribution in [-0.4, -0.2) is 38.0 Å². The Morgan fingerprint density at radius 2 is 1.62 bits per heavy atom. The Kier molecular flexibility index (Phi) is 6.61. The minimum Gasteiger partial charge on any atom is -0.494 e. The third-order valence-electron chi connectivity index (χ3n) is 6.56. The minimum atomic E-state index is -0.531. The molecule has 1 aliphatic heterocycles. The van der Waals surface area contributed by atoms with Gasteiger partial charge in [0.15, 0.2) is 0 Å². The summed E-state index contributed by atoms with van der Waals surface area (Å²) in [6.45, 7) is 11.0. The van der Waals surface area contributed by atoms with E-state index in [9.17, 15) is 4.79 Å². The number of ether oxygens (including phenoxy) is 3. The van der Waals surface area contributed by atoms with E-state index < -0.39 is 24.3 Å². The van der Waals surface area contributed by atoms with Gasteiger partial charge in [0, 0.05) is 0 Å². The average molecular weight is 462 g/mol. The number of hydrogen-bond acceptors (Lipinski definition) is 6. The highest BCUT2D eigenvalue weighted by atomic mass is 16.7. The van der Waals surface area contributed by atoms with Crippen LogP contribution < -0.4 is 14.9 Å². The molecule has 1 saturated heterocycles. The Labute approximate surface area is 201 Å². The summed E-state index contributed by atoms with van der Waals surface area (Å²) in [5.41, 5.74) is 1.29. The van der Waals surface area contributed by atoms with Crippen LogP contribution in [0.3, 0.4) is 0 Å². The van der Waals surface area contributed by atoms with Crippen LogP contribution in [0.5, 0.6) is 11.5 Å². The van der Waals surface area contributed by atoms with Crippen LogP contribution in [0.25, 0.3) is 10.8 Å². The minimum absolute atomic E-state index is 0.292. The molecule has 3 aromatic carbocycles. The van der Waals surface area contributed by atoms with E-state index in [4.69, 9.17) is 23.5 Å². The Morgan fingerprint density at radius 1 is 0.941 bits per heavy atom. The molecule has 3 aromatic rings. The summed E-state index contributed by atoms with van der Waals surface area (Å²) in [6, 6.07) is 17.2. The van der Waals surface area contributed by atoms with Crippen molar-refractivity contribution in [1.29, 1.82) is 0 Å². The molecule has 0 radical (unpaired) electrons. The number of carbonyl (C=O) groups is 1. The molecule has 0 N–H and O–H groups in total. The highest BCUT2D eigenvalue weighted by Crippen LogP contribution is 2.37. The number of benzene rings is 3. The van der Waals surface area contributed by atoms with Gasteiger partial charge in [-0.15, -0.1) is 0 Å². The SMILES string of the molecule is CCOc1ccc(COc2cc3c(B4OC(C)(C)C(C)(C)O4)cccc3cc2C(=O)OC)cc1. The smallest absolute Gasteiger partial charge is 0.494 e. The van der Waals surface area contributed by atoms with Gasteiger partial charge in [0.05, 0.1) is 24.9 Å². The van der Waals surface area contributed by atoms with Crippen molar-refractivity contribution in [3.8, 4) is 11.5 Å². The molecule has 0 bridgehead atoms. The van der Waals surface area contributed by atoms with Crippen molar-refractivity contribution < 1.29 is 28.3 Å². The second kappa shape index (κ2) is 9.32. The van der Waals surface area contributed by atoms with E-state index in [1.54, 1.807) is 6.07 Å². The maximum Gasteiger partial charge on any atom is 0.495 e. The summed E-state index contributed by atoms with van der Waals surface area (Å²) in [5.74, 6) is 0.793. The van der Waals surface area contributed by atoms with Gasteiger partial charge in [0.2, 0.25) is 0 Å². The number of esters is 1. The maximum atomic E-state index is 12.5. The van der Waals surface area contributed by atoms with Gasteiger partial charge in [-0.2, -0.15) is 0 Å². The van der Waals surface area contributed by atoms with E-state index in [1.165, 1.54) is 7.11 Å². The van der Waals surface area contributed by atoms with E-state index >= 15 is 0 Å². The van der Waals surface area contributed by atoms with E-state index in [2.05, 4.69) is 0 Å². The Morgan fingerprint density at radius 3 is 2.24 bits per heavy atom. The fraction of sp³-hybridized carbons (Fsp3) is 0.370. The predicted octanol–water partition coefficient (Wildman–Crippen LogP) is 4.90. The zero-order valence-electron chi connectivity index (χ0n) is 20.6. The molecule has 6 nitrogen and oxygen atoms in total. The summed E-state index contributed by atoms with van der Waals surface area (Å²) < 4.78 is 29.2. The molecule has 0 unspecified atom stereocenters. The van der Waals surface area contributed by atoms with Gasteiger partial charge >= 0.3 is 13.1 Å². The summed E-state index contributed by atoms with van der Waals surface area (Å²) >= 11 is 0. The van der Waals surface area contributed by atoms with Gasteiger partial charge in [0.1, 0.15) is 23.7 Å². The molecule has 0 spiro atoms. The first-order valence-corrected chi connectivity index (χ1v) is 11.5. The lowest BCUT2D eigenvalue weighted by molar-refractivity contribution is 0.00578. The predicted molar refractivity (Wildman–Crippen MR) is 133 cm³/mol. The van der Waals surface area contributed by atoms with Crippen molar-refractivity contribution in [2.24, 2.45) is 0 Å². The number of methoxy groups -OCH3 is 1. The first-order valence-electron chi connectivity index (χ1n) is 11.5. The van der Waals surface area contributed by atoms with Gasteiger partial charge in [-0.05, 0) is 80.7 Å². The third kappa shape index (κ3) is 4.63. The molecule has 1 fully saturated rings. The maximum absolute atomic E-state index is 12.5. The lowest BCUT2D eigenvalue weighted by atomic mass is 9.76. The second-order valence-electron chi connectivity index (χ2n) is 9.36. The Hall–Kier alpha value is -3.03. The number of hydrogen-bond donors (Lipinski definition) is 0. The summed E-state index contributed by atoms with van der Waals surface area (Å²) in [5, 5.41) is 1.77. The zero-order chi connectivity index (χ0) is 24.5. The first-order chi connectivity index (χ1) is 16.1. The van der Waals surface area contributed by atoms with Gasteiger partial charge < -0.3 is 23.5 Å². The molecule has 34 heavy (non-hydrogen) atoms. The summed E-state index contributed by atoms with van der Waals surface area (Å²) in [6.07, 6.45) is 0. The molecule has 7 heteroatoms. The van der Waals surface area contributed by atoms with Crippen molar-refractivity contribution >= 4 is 29.3 Å². The summed E-state index contributed by atoms with van der Waals surface area (Å²) in [4.78, 5) is 12.5. The molecular weight excluding hydrogens is 431 g/mol. The number of fused-ring (bicyclic) bond motifs is 1. The third-order valence-corrected chi connectivity index (χ3v) is 6.56. The van der Waals surface area contributed by atoms with E-state index in [-0.39, 0.29) is 0 Å². The molecule has 1 heterocycles. The lowest BCUT2D eigenvalue weighted by Gasteiger charge is -2.32. The topological polar surface area (TPSA) is 63.2 Å².